The molecule has 2 saturated heterocycles. The number of likely N-dealkylation sites (N-methyl/N-ethyl adjacent to an activating group) is 1. The molecule has 0 saturated carbocycles. The van der Waals surface area contributed by atoms with E-state index in [1.807, 2.05) is 24.9 Å². The molecular weight excluding hydrogens is 360 g/mol. The number of nitrogens with one attached hydrogen (secondary N) is 2. The Morgan fingerprint density at radius 2 is 2.21 bits per heavy atom. The van der Waals surface area contributed by atoms with Gasteiger partial charge < -0.3 is 31.1 Å². The molecule has 6 N–H and O–H groups in total. The van der Waals surface area contributed by atoms with E-state index in [1.54, 1.807) is 6.08 Å². The zero-order valence-electron chi connectivity index (χ0n) is 15.8. The maximum absolute atomic E-state index is 11.2. The van der Waals surface area contributed by atoms with Gasteiger partial charge in [-0.25, -0.2) is 9.97 Å². The van der Waals surface area contributed by atoms with Crippen molar-refractivity contribution in [3.05, 3.63) is 34.9 Å². The molecule has 3 atom stereocenters. The third-order valence-corrected chi connectivity index (χ3v) is 5.60. The van der Waals surface area contributed by atoms with E-state index >= 15 is 0 Å². The highest BCUT2D eigenvalue weighted by atomic mass is 16.3. The molecule has 1 spiro atoms. The summed E-state index contributed by atoms with van der Waals surface area (Å²) in [6.45, 7) is 3.51. The molecule has 0 radical (unpaired) electrons. The Hall–Kier alpha value is -2.71. The van der Waals surface area contributed by atoms with Crippen LogP contribution in [0.5, 0.6) is 0 Å². The van der Waals surface area contributed by atoms with E-state index in [0.29, 0.717) is 17.9 Å². The van der Waals surface area contributed by atoms with E-state index in [9.17, 15) is 15.5 Å². The summed E-state index contributed by atoms with van der Waals surface area (Å²) in [5.41, 5.74) is 7.25. The van der Waals surface area contributed by atoms with Crippen LogP contribution in [0.15, 0.2) is 29.4 Å². The lowest BCUT2D eigenvalue weighted by atomic mass is 9.95. The molecule has 0 bridgehead atoms. The lowest BCUT2D eigenvalue weighted by molar-refractivity contribution is -0.0451. The average molecular weight is 384 g/mol. The second-order valence-corrected chi connectivity index (χ2v) is 7.55. The standard InChI is InChI=1S/C18H24N8O2/c1-10-6-12(23-15-11(7-19)14(20)21-9-22-15)17(28)26-13(10)16(27)24-18(26)4-3-5-25(2)8-18/h6,9,16-17,24,27-28H,3-5,8H2,1-2H3,(H3,20,21,22,23)/t16-,17-,18-/m0/s1. The van der Waals surface area contributed by atoms with E-state index in [1.165, 1.54) is 6.33 Å². The van der Waals surface area contributed by atoms with E-state index < -0.39 is 18.1 Å². The van der Waals surface area contributed by atoms with Gasteiger partial charge in [-0.2, -0.15) is 5.26 Å². The van der Waals surface area contributed by atoms with Crippen LogP contribution in [0.4, 0.5) is 11.6 Å². The molecule has 148 valence electrons. The van der Waals surface area contributed by atoms with E-state index in [-0.39, 0.29) is 17.2 Å². The second-order valence-electron chi connectivity index (χ2n) is 7.55. The largest absolute Gasteiger partial charge is 0.382 e. The Morgan fingerprint density at radius 1 is 1.43 bits per heavy atom. The minimum Gasteiger partial charge on any atom is -0.382 e. The minimum absolute atomic E-state index is 0.0717. The number of allylic oxidation sites excluding steroid dienone is 2. The summed E-state index contributed by atoms with van der Waals surface area (Å²) < 4.78 is 0. The highest BCUT2D eigenvalue weighted by Crippen LogP contribution is 2.41. The third-order valence-electron chi connectivity index (χ3n) is 5.60. The van der Waals surface area contributed by atoms with Crippen LogP contribution in [-0.2, 0) is 0 Å². The number of likely N-dealkylation sites (tertiary alicyclic amines) is 1. The fourth-order valence-corrected chi connectivity index (χ4v) is 4.45. The number of piperidine rings is 1. The first kappa shape index (κ1) is 18.6. The monoisotopic (exact) mass is 384 g/mol. The number of aliphatic hydroxyl groups is 2. The molecule has 10 nitrogen and oxygen atoms in total. The van der Waals surface area contributed by atoms with Gasteiger partial charge in [-0.15, -0.1) is 0 Å². The molecule has 0 unspecified atom stereocenters. The van der Waals surface area contributed by atoms with Crippen molar-refractivity contribution in [3.63, 3.8) is 0 Å². The number of anilines is 2. The van der Waals surface area contributed by atoms with Gasteiger partial charge in [0.2, 0.25) is 0 Å². The van der Waals surface area contributed by atoms with Crippen LogP contribution in [0.2, 0.25) is 0 Å². The number of nitrogens with zero attached hydrogens (tertiary/aromatic N) is 5. The van der Waals surface area contributed by atoms with Crippen molar-refractivity contribution in [2.45, 2.75) is 37.9 Å². The summed E-state index contributed by atoms with van der Waals surface area (Å²) in [5.74, 6) is 0.307. The summed E-state index contributed by atoms with van der Waals surface area (Å²) in [6, 6.07) is 1.99. The number of hydrogen-bond donors (Lipinski definition) is 5. The van der Waals surface area contributed by atoms with Crippen LogP contribution in [-0.4, -0.2) is 68.2 Å². The number of nitrogen functional groups attached to an aromatic ring is 1. The van der Waals surface area contributed by atoms with Crippen molar-refractivity contribution < 1.29 is 10.2 Å². The quantitative estimate of drug-likeness (QED) is 0.451. The summed E-state index contributed by atoms with van der Waals surface area (Å²) in [7, 11) is 2.03. The Kier molecular flexibility index (Phi) is 4.47. The molecule has 1 aromatic heterocycles. The average Bonchev–Trinajstić information content (AvgIpc) is 2.91. The molecule has 10 heteroatoms. The van der Waals surface area contributed by atoms with Crippen LogP contribution in [0, 0.1) is 11.3 Å². The first-order valence-electron chi connectivity index (χ1n) is 9.18. The molecule has 4 heterocycles. The Labute approximate surface area is 163 Å². The molecular formula is C18H24N8O2. The van der Waals surface area contributed by atoms with E-state index in [2.05, 4.69) is 25.5 Å². The van der Waals surface area contributed by atoms with Gasteiger partial charge in [-0.3, -0.25) is 5.32 Å². The van der Waals surface area contributed by atoms with Gasteiger partial charge in [0.25, 0.3) is 0 Å². The first-order chi connectivity index (χ1) is 13.4. The highest BCUT2D eigenvalue weighted by Gasteiger charge is 2.53. The predicted molar refractivity (Wildman–Crippen MR) is 102 cm³/mol. The van der Waals surface area contributed by atoms with Gasteiger partial charge in [-0.05, 0) is 45.0 Å². The van der Waals surface area contributed by atoms with Gasteiger partial charge in [0.05, 0.1) is 11.4 Å². The van der Waals surface area contributed by atoms with E-state index in [4.69, 9.17) is 5.73 Å². The lowest BCUT2D eigenvalue weighted by Crippen LogP contribution is -2.64. The first-order valence-corrected chi connectivity index (χ1v) is 9.18. The number of rotatable bonds is 2. The zero-order chi connectivity index (χ0) is 20.1. The number of nitriles is 1. The Bertz CT molecular complexity index is 907. The van der Waals surface area contributed by atoms with Crippen molar-refractivity contribution in [2.24, 2.45) is 0 Å². The smallest absolute Gasteiger partial charge is 0.169 e. The lowest BCUT2D eigenvalue weighted by Gasteiger charge is -2.48. The van der Waals surface area contributed by atoms with Crippen LogP contribution in [0.1, 0.15) is 25.3 Å². The number of fused-ring (bicyclic) bond motifs is 2. The van der Waals surface area contributed by atoms with Gasteiger partial charge in [0.15, 0.2) is 12.0 Å². The van der Waals surface area contributed by atoms with Crippen molar-refractivity contribution in [1.29, 1.82) is 5.26 Å². The van der Waals surface area contributed by atoms with Crippen LogP contribution < -0.4 is 16.4 Å². The van der Waals surface area contributed by atoms with Crippen molar-refractivity contribution in [1.82, 2.24) is 25.1 Å². The number of aliphatic hydroxyl groups excluding tert-OH is 2. The zero-order valence-corrected chi connectivity index (χ0v) is 15.8. The number of aromatic nitrogens is 2. The molecule has 3 aliphatic heterocycles. The minimum atomic E-state index is -1.04. The molecule has 28 heavy (non-hydrogen) atoms. The van der Waals surface area contributed by atoms with Crippen molar-refractivity contribution >= 4 is 11.6 Å². The fourth-order valence-electron chi connectivity index (χ4n) is 4.45. The third kappa shape index (κ3) is 2.80. The topological polar surface area (TPSA) is 147 Å². The van der Waals surface area contributed by atoms with Crippen molar-refractivity contribution in [3.8, 4) is 6.07 Å². The summed E-state index contributed by atoms with van der Waals surface area (Å²) >= 11 is 0. The number of nitrogens with two attached hydrogens (primary N) is 1. The Morgan fingerprint density at radius 3 is 2.93 bits per heavy atom. The molecule has 0 amide bonds. The summed E-state index contributed by atoms with van der Waals surface area (Å²) in [4.78, 5) is 12.0. The van der Waals surface area contributed by atoms with Gasteiger partial charge in [-0.1, -0.05) is 0 Å². The Balaban J connectivity index is 1.72. The fraction of sp³-hybridized carbons (Fsp3) is 0.500. The molecule has 0 aliphatic carbocycles. The maximum atomic E-state index is 11.2. The molecule has 3 aliphatic rings. The second kappa shape index (κ2) is 6.72. The maximum Gasteiger partial charge on any atom is 0.169 e. The van der Waals surface area contributed by atoms with Crippen LogP contribution in [0.3, 0.4) is 0 Å². The van der Waals surface area contributed by atoms with Gasteiger partial charge in [0, 0.05) is 6.54 Å². The highest BCUT2D eigenvalue weighted by molar-refractivity contribution is 5.64. The molecule has 2 fully saturated rings. The SMILES string of the molecule is CC1=C2[C@H](O)N[C@@]3(CCCN(C)C3)N2[C@@H](O)C(Nc2ncnc(N)c2C#N)=C1. The van der Waals surface area contributed by atoms with Gasteiger partial charge in [0.1, 0.15) is 35.7 Å². The molecule has 0 aromatic carbocycles. The van der Waals surface area contributed by atoms with Crippen LogP contribution >= 0.6 is 0 Å². The normalized spacial score (nSPS) is 30.2. The molecule has 1 aromatic rings. The summed E-state index contributed by atoms with van der Waals surface area (Å²) in [6.07, 6.45) is 2.85. The summed E-state index contributed by atoms with van der Waals surface area (Å²) in [5, 5.41) is 37.5. The van der Waals surface area contributed by atoms with Gasteiger partial charge >= 0.3 is 0 Å². The van der Waals surface area contributed by atoms with Crippen LogP contribution in [0.25, 0.3) is 0 Å². The number of hydrogen-bond acceptors (Lipinski definition) is 10. The predicted octanol–water partition coefficient (Wildman–Crippen LogP) is -0.522. The van der Waals surface area contributed by atoms with E-state index in [0.717, 1.165) is 25.0 Å². The molecule has 4 rings (SSSR count). The van der Waals surface area contributed by atoms with Crippen molar-refractivity contribution in [2.75, 3.05) is 31.2 Å².